The van der Waals surface area contributed by atoms with Gasteiger partial charge in [-0.2, -0.15) is 0 Å². The predicted molar refractivity (Wildman–Crippen MR) is 127 cm³/mol. The van der Waals surface area contributed by atoms with Crippen molar-refractivity contribution in [2.45, 2.75) is 37.1 Å². The van der Waals surface area contributed by atoms with E-state index in [1.165, 1.54) is 23.4 Å². The molecule has 0 spiro atoms. The van der Waals surface area contributed by atoms with Crippen LogP contribution in [0, 0.1) is 10.1 Å². The fraction of sp³-hybridized carbons (Fsp3) is 0.333. The first-order chi connectivity index (χ1) is 14.4. The van der Waals surface area contributed by atoms with Gasteiger partial charge >= 0.3 is 0 Å². The number of aliphatic imine (C=N–C) groups is 2. The highest BCUT2D eigenvalue weighted by Gasteiger charge is 2.24. The molecule has 3 atom stereocenters. The number of benzene rings is 2. The first kappa shape index (κ1) is 22.2. The second kappa shape index (κ2) is 10.5. The van der Waals surface area contributed by atoms with Gasteiger partial charge in [-0.05, 0) is 24.0 Å². The lowest BCUT2D eigenvalue weighted by atomic mass is 10.0. The maximum Gasteiger partial charge on any atom is 0.269 e. The average Bonchev–Trinajstić information content (AvgIpc) is 3.27. The second-order valence-electron chi connectivity index (χ2n) is 7.11. The molecule has 7 nitrogen and oxygen atoms in total. The highest BCUT2D eigenvalue weighted by atomic mass is 32.2. The quantitative estimate of drug-likeness (QED) is 0.538. The van der Waals surface area contributed by atoms with Gasteiger partial charge in [-0.1, -0.05) is 72.9 Å². The van der Waals surface area contributed by atoms with Gasteiger partial charge in [0.1, 0.15) is 0 Å². The number of nitrogens with two attached hydrogens (primary N) is 2. The van der Waals surface area contributed by atoms with E-state index in [0.29, 0.717) is 22.9 Å². The minimum atomic E-state index is -0.384. The summed E-state index contributed by atoms with van der Waals surface area (Å²) in [6.07, 6.45) is 1.70. The summed E-state index contributed by atoms with van der Waals surface area (Å²) in [5.74, 6) is 0.856. The summed E-state index contributed by atoms with van der Waals surface area (Å²) in [6.45, 7) is 2.18. The predicted octanol–water partition coefficient (Wildman–Crippen LogP) is 3.62. The van der Waals surface area contributed by atoms with Crippen LogP contribution < -0.4 is 11.5 Å². The molecule has 0 aromatic heterocycles. The van der Waals surface area contributed by atoms with Crippen LogP contribution >= 0.6 is 23.5 Å². The van der Waals surface area contributed by atoms with Crippen molar-refractivity contribution in [2.24, 2.45) is 21.5 Å². The molecule has 0 amide bonds. The SMILES string of the molecule is C[C@@H]1SC(N)=N[C@@H]1Cc1ccccc1.NC1=N[C@H](Cc2cccc([N+](=O)[O-])c2)CS1. The highest BCUT2D eigenvalue weighted by molar-refractivity contribution is 8.14. The Morgan fingerprint density at radius 1 is 1.03 bits per heavy atom. The molecule has 0 fully saturated rings. The Bertz CT molecular complexity index is 936. The number of nitrogens with zero attached hydrogens (tertiary/aromatic N) is 3. The Kier molecular flexibility index (Phi) is 7.75. The van der Waals surface area contributed by atoms with Crippen LogP contribution in [0.25, 0.3) is 0 Å². The molecule has 0 saturated carbocycles. The molecule has 9 heteroatoms. The van der Waals surface area contributed by atoms with Gasteiger partial charge in [0.2, 0.25) is 0 Å². The smallest absolute Gasteiger partial charge is 0.269 e. The van der Waals surface area contributed by atoms with E-state index in [-0.39, 0.29) is 16.7 Å². The van der Waals surface area contributed by atoms with Crippen molar-refractivity contribution >= 4 is 39.5 Å². The largest absolute Gasteiger partial charge is 0.379 e. The summed E-state index contributed by atoms with van der Waals surface area (Å²) in [5, 5.41) is 12.4. The molecule has 158 valence electrons. The summed E-state index contributed by atoms with van der Waals surface area (Å²) in [7, 11) is 0. The van der Waals surface area contributed by atoms with E-state index in [2.05, 4.69) is 41.2 Å². The molecule has 2 aromatic carbocycles. The van der Waals surface area contributed by atoms with E-state index in [1.807, 2.05) is 12.1 Å². The molecule has 2 aliphatic heterocycles. The third-order valence-electron chi connectivity index (χ3n) is 4.76. The summed E-state index contributed by atoms with van der Waals surface area (Å²) in [6, 6.07) is 17.6. The first-order valence-corrected chi connectivity index (χ1v) is 11.5. The Labute approximate surface area is 184 Å². The number of rotatable bonds is 5. The van der Waals surface area contributed by atoms with E-state index in [4.69, 9.17) is 11.5 Å². The topological polar surface area (TPSA) is 120 Å². The van der Waals surface area contributed by atoms with E-state index in [0.717, 1.165) is 22.9 Å². The maximum atomic E-state index is 10.6. The van der Waals surface area contributed by atoms with Crippen molar-refractivity contribution in [1.29, 1.82) is 0 Å². The number of nitro benzene ring substituents is 1. The molecule has 0 unspecified atom stereocenters. The van der Waals surface area contributed by atoms with Crippen molar-refractivity contribution in [1.82, 2.24) is 0 Å². The summed E-state index contributed by atoms with van der Waals surface area (Å²) >= 11 is 3.20. The van der Waals surface area contributed by atoms with Gasteiger partial charge in [0.25, 0.3) is 5.69 Å². The van der Waals surface area contributed by atoms with Crippen LogP contribution in [0.2, 0.25) is 0 Å². The molecule has 0 radical (unpaired) electrons. The Hall–Kier alpha value is -2.52. The van der Waals surface area contributed by atoms with Gasteiger partial charge in [0.15, 0.2) is 10.3 Å². The van der Waals surface area contributed by atoms with Crippen molar-refractivity contribution in [3.8, 4) is 0 Å². The molecule has 2 heterocycles. The zero-order valence-electron chi connectivity index (χ0n) is 16.7. The van der Waals surface area contributed by atoms with E-state index < -0.39 is 0 Å². The lowest BCUT2D eigenvalue weighted by molar-refractivity contribution is -0.384. The maximum absolute atomic E-state index is 10.6. The minimum absolute atomic E-state index is 0.125. The van der Waals surface area contributed by atoms with Gasteiger partial charge in [-0.25, -0.2) is 0 Å². The number of hydrogen-bond acceptors (Lipinski definition) is 8. The summed E-state index contributed by atoms with van der Waals surface area (Å²) in [4.78, 5) is 18.9. The number of non-ortho nitro benzene ring substituents is 1. The summed E-state index contributed by atoms with van der Waals surface area (Å²) in [5.41, 5.74) is 13.6. The van der Waals surface area contributed by atoms with Crippen molar-refractivity contribution in [3.05, 3.63) is 75.8 Å². The molecule has 2 aromatic rings. The summed E-state index contributed by atoms with van der Waals surface area (Å²) < 4.78 is 0. The molecule has 0 bridgehead atoms. The number of hydrogen-bond donors (Lipinski definition) is 2. The number of nitro groups is 1. The molecule has 0 aliphatic carbocycles. The Balaban J connectivity index is 0.000000172. The number of thioether (sulfide) groups is 2. The normalized spacial score (nSPS) is 22.6. The van der Waals surface area contributed by atoms with Crippen LogP contribution in [0.15, 0.2) is 64.6 Å². The van der Waals surface area contributed by atoms with Gasteiger partial charge in [-0.3, -0.25) is 20.1 Å². The van der Waals surface area contributed by atoms with Crippen molar-refractivity contribution in [2.75, 3.05) is 5.75 Å². The van der Waals surface area contributed by atoms with Gasteiger partial charge in [0, 0.05) is 23.1 Å². The fourth-order valence-corrected chi connectivity index (χ4v) is 4.92. The second-order valence-corrected chi connectivity index (χ2v) is 9.55. The molecule has 4 N–H and O–H groups in total. The van der Waals surface area contributed by atoms with Crippen LogP contribution in [-0.2, 0) is 12.8 Å². The van der Waals surface area contributed by atoms with Crippen LogP contribution in [0.4, 0.5) is 5.69 Å². The van der Waals surface area contributed by atoms with Crippen LogP contribution in [0.3, 0.4) is 0 Å². The van der Waals surface area contributed by atoms with Crippen molar-refractivity contribution < 1.29 is 4.92 Å². The molecule has 0 saturated heterocycles. The van der Waals surface area contributed by atoms with Gasteiger partial charge in [0.05, 0.1) is 17.0 Å². The van der Waals surface area contributed by atoms with Crippen LogP contribution in [-0.4, -0.2) is 38.3 Å². The molecular weight excluding hydrogens is 418 g/mol. The van der Waals surface area contributed by atoms with Crippen LogP contribution in [0.1, 0.15) is 18.1 Å². The third-order valence-corrected chi connectivity index (χ3v) is 6.74. The first-order valence-electron chi connectivity index (χ1n) is 9.64. The molecular formula is C21H25N5O2S2. The lowest BCUT2D eigenvalue weighted by Crippen LogP contribution is -2.16. The fourth-order valence-electron chi connectivity index (χ4n) is 3.24. The van der Waals surface area contributed by atoms with Gasteiger partial charge < -0.3 is 11.5 Å². The third kappa shape index (κ3) is 6.50. The Morgan fingerprint density at radius 2 is 1.77 bits per heavy atom. The van der Waals surface area contributed by atoms with E-state index >= 15 is 0 Å². The highest BCUT2D eigenvalue weighted by Crippen LogP contribution is 2.26. The lowest BCUT2D eigenvalue weighted by Gasteiger charge is -2.11. The minimum Gasteiger partial charge on any atom is -0.379 e. The standard InChI is InChI=1S/C11H14N2S.C10H11N3O2S/c1-8-10(13-11(12)14-8)7-9-5-3-2-4-6-9;11-10-12-8(6-16-10)4-7-2-1-3-9(5-7)13(14)15/h2-6,8,10H,7H2,1H3,(H2,12,13);1-3,5,8H,4,6H2,(H2,11,12)/t8-,10+;8-/m01/s1. The van der Waals surface area contributed by atoms with E-state index in [9.17, 15) is 10.1 Å². The Morgan fingerprint density at radius 3 is 2.37 bits per heavy atom. The molecule has 30 heavy (non-hydrogen) atoms. The van der Waals surface area contributed by atoms with Gasteiger partial charge in [-0.15, -0.1) is 0 Å². The monoisotopic (exact) mass is 443 g/mol. The van der Waals surface area contributed by atoms with Crippen molar-refractivity contribution in [3.63, 3.8) is 0 Å². The van der Waals surface area contributed by atoms with Crippen LogP contribution in [0.5, 0.6) is 0 Å². The average molecular weight is 444 g/mol. The molecule has 4 rings (SSSR count). The zero-order chi connectivity index (χ0) is 21.5. The zero-order valence-corrected chi connectivity index (χ0v) is 18.3. The number of amidine groups is 2. The van der Waals surface area contributed by atoms with E-state index in [1.54, 1.807) is 23.9 Å². The molecule has 2 aliphatic rings.